The zero-order valence-corrected chi connectivity index (χ0v) is 11.1. The smallest absolute Gasteiger partial charge is 0.262 e. The average molecular weight is 283 g/mol. The Morgan fingerprint density at radius 3 is 3.10 bits per heavy atom. The maximum absolute atomic E-state index is 12.0. The first-order valence-corrected chi connectivity index (χ1v) is 6.46. The van der Waals surface area contributed by atoms with E-state index in [1.165, 1.54) is 0 Å². The van der Waals surface area contributed by atoms with Crippen molar-refractivity contribution in [3.05, 3.63) is 48.3 Å². The number of amides is 2. The fourth-order valence-electron chi connectivity index (χ4n) is 2.05. The molecule has 0 radical (unpaired) electrons. The Hall–Kier alpha value is -2.89. The highest BCUT2D eigenvalue weighted by Gasteiger charge is 2.16. The van der Waals surface area contributed by atoms with Crippen LogP contribution in [-0.2, 0) is 16.0 Å². The number of aromatic nitrogens is 1. The number of anilines is 2. The largest absolute Gasteiger partial charge is 0.482 e. The van der Waals surface area contributed by atoms with E-state index >= 15 is 0 Å². The molecule has 2 N–H and O–H groups in total. The van der Waals surface area contributed by atoms with Crippen molar-refractivity contribution in [1.29, 1.82) is 0 Å². The van der Waals surface area contributed by atoms with Gasteiger partial charge in [0.15, 0.2) is 6.61 Å². The molecule has 2 aromatic rings. The molecule has 21 heavy (non-hydrogen) atoms. The van der Waals surface area contributed by atoms with Crippen LogP contribution in [0.5, 0.6) is 5.75 Å². The summed E-state index contributed by atoms with van der Waals surface area (Å²) in [6.07, 6.45) is 3.56. The van der Waals surface area contributed by atoms with Crippen LogP contribution in [0, 0.1) is 0 Å². The number of benzene rings is 1. The zero-order chi connectivity index (χ0) is 14.7. The Morgan fingerprint density at radius 1 is 1.38 bits per heavy atom. The van der Waals surface area contributed by atoms with Crippen molar-refractivity contribution >= 4 is 23.2 Å². The van der Waals surface area contributed by atoms with Gasteiger partial charge in [-0.05, 0) is 29.8 Å². The van der Waals surface area contributed by atoms with E-state index in [4.69, 9.17) is 4.74 Å². The molecule has 1 aromatic carbocycles. The van der Waals surface area contributed by atoms with Crippen LogP contribution in [0.15, 0.2) is 42.7 Å². The van der Waals surface area contributed by atoms with Gasteiger partial charge in [0.2, 0.25) is 5.91 Å². The second kappa shape index (κ2) is 5.62. The van der Waals surface area contributed by atoms with Crippen LogP contribution in [-0.4, -0.2) is 23.4 Å². The monoisotopic (exact) mass is 283 g/mol. The molecule has 0 unspecified atom stereocenters. The Morgan fingerprint density at radius 2 is 2.29 bits per heavy atom. The fraction of sp³-hybridized carbons (Fsp3) is 0.133. The molecular weight excluding hydrogens is 270 g/mol. The number of carbonyl (C=O) groups excluding carboxylic acids is 2. The van der Waals surface area contributed by atoms with Gasteiger partial charge in [0.05, 0.1) is 12.1 Å². The molecule has 3 rings (SSSR count). The Balaban J connectivity index is 1.69. The molecular formula is C15H13N3O3. The van der Waals surface area contributed by atoms with Gasteiger partial charge in [0.1, 0.15) is 5.75 Å². The maximum Gasteiger partial charge on any atom is 0.262 e. The van der Waals surface area contributed by atoms with Gasteiger partial charge in [0.25, 0.3) is 5.91 Å². The zero-order valence-electron chi connectivity index (χ0n) is 11.1. The lowest BCUT2D eigenvalue weighted by atomic mass is 10.2. The molecule has 0 atom stereocenters. The minimum absolute atomic E-state index is 0.0136. The second-order valence-electron chi connectivity index (χ2n) is 4.63. The predicted octanol–water partition coefficient (Wildman–Crippen LogP) is 1.59. The number of fused-ring (bicyclic) bond motifs is 1. The SMILES string of the molecule is O=C(Cc1cccnc1)Nc1ccc2c(c1)NC(=O)CO2. The predicted molar refractivity (Wildman–Crippen MR) is 77.1 cm³/mol. The van der Waals surface area contributed by atoms with Crippen LogP contribution in [0.2, 0.25) is 0 Å². The highest BCUT2D eigenvalue weighted by molar-refractivity contribution is 5.97. The van der Waals surface area contributed by atoms with Crippen LogP contribution in [0.25, 0.3) is 0 Å². The summed E-state index contributed by atoms with van der Waals surface area (Å²) in [5, 5.41) is 5.48. The van der Waals surface area contributed by atoms with Crippen molar-refractivity contribution in [1.82, 2.24) is 4.98 Å². The van der Waals surface area contributed by atoms with E-state index in [0.29, 0.717) is 17.1 Å². The Labute approximate surface area is 121 Å². The summed E-state index contributed by atoms with van der Waals surface area (Å²) >= 11 is 0. The summed E-state index contributed by atoms with van der Waals surface area (Å²) in [6.45, 7) is 0.0136. The van der Waals surface area contributed by atoms with Crippen LogP contribution >= 0.6 is 0 Å². The van der Waals surface area contributed by atoms with Gasteiger partial charge in [-0.25, -0.2) is 0 Å². The van der Waals surface area contributed by atoms with E-state index in [9.17, 15) is 9.59 Å². The summed E-state index contributed by atoms with van der Waals surface area (Å²) in [6, 6.07) is 8.75. The van der Waals surface area contributed by atoms with E-state index in [1.807, 2.05) is 6.07 Å². The number of pyridine rings is 1. The van der Waals surface area contributed by atoms with Crippen molar-refractivity contribution in [3.8, 4) is 5.75 Å². The molecule has 0 fully saturated rings. The maximum atomic E-state index is 12.0. The third-order valence-electron chi connectivity index (χ3n) is 2.98. The van der Waals surface area contributed by atoms with E-state index in [-0.39, 0.29) is 24.8 Å². The van der Waals surface area contributed by atoms with E-state index in [0.717, 1.165) is 5.56 Å². The molecule has 106 valence electrons. The van der Waals surface area contributed by atoms with Gasteiger partial charge in [-0.1, -0.05) is 6.07 Å². The molecule has 6 nitrogen and oxygen atoms in total. The van der Waals surface area contributed by atoms with Crippen LogP contribution in [0.1, 0.15) is 5.56 Å². The number of ether oxygens (including phenoxy) is 1. The molecule has 0 spiro atoms. The van der Waals surface area contributed by atoms with Gasteiger partial charge in [-0.3, -0.25) is 14.6 Å². The molecule has 1 aliphatic rings. The lowest BCUT2D eigenvalue weighted by Crippen LogP contribution is -2.25. The molecule has 0 aliphatic carbocycles. The molecule has 1 aromatic heterocycles. The van der Waals surface area contributed by atoms with E-state index in [1.54, 1.807) is 36.7 Å². The average Bonchev–Trinajstić information content (AvgIpc) is 2.47. The molecule has 0 saturated heterocycles. The molecule has 1 aliphatic heterocycles. The lowest BCUT2D eigenvalue weighted by Gasteiger charge is -2.18. The number of hydrogen-bond donors (Lipinski definition) is 2. The number of nitrogens with one attached hydrogen (secondary N) is 2. The normalized spacial score (nSPS) is 12.9. The quantitative estimate of drug-likeness (QED) is 0.896. The summed E-state index contributed by atoms with van der Waals surface area (Å²) in [4.78, 5) is 27.2. The second-order valence-corrected chi connectivity index (χ2v) is 4.63. The standard InChI is InChI=1S/C15H13N3O3/c19-14(6-10-2-1-5-16-8-10)17-11-3-4-13-12(7-11)18-15(20)9-21-13/h1-5,7-8H,6,9H2,(H,17,19)(H,18,20). The van der Waals surface area contributed by atoms with Gasteiger partial charge < -0.3 is 15.4 Å². The fourth-order valence-corrected chi connectivity index (χ4v) is 2.05. The minimum Gasteiger partial charge on any atom is -0.482 e. The minimum atomic E-state index is -0.207. The third-order valence-corrected chi connectivity index (χ3v) is 2.98. The van der Waals surface area contributed by atoms with Crippen molar-refractivity contribution in [2.45, 2.75) is 6.42 Å². The van der Waals surface area contributed by atoms with Crippen LogP contribution in [0.3, 0.4) is 0 Å². The van der Waals surface area contributed by atoms with Gasteiger partial charge in [0, 0.05) is 18.1 Å². The van der Waals surface area contributed by atoms with E-state index in [2.05, 4.69) is 15.6 Å². The lowest BCUT2D eigenvalue weighted by molar-refractivity contribution is -0.118. The molecule has 0 saturated carbocycles. The molecule has 2 amide bonds. The number of rotatable bonds is 3. The first-order valence-electron chi connectivity index (χ1n) is 6.46. The van der Waals surface area contributed by atoms with E-state index < -0.39 is 0 Å². The van der Waals surface area contributed by atoms with Crippen LogP contribution in [0.4, 0.5) is 11.4 Å². The Bertz CT molecular complexity index is 686. The van der Waals surface area contributed by atoms with Crippen molar-refractivity contribution in [2.24, 2.45) is 0 Å². The summed E-state index contributed by atoms with van der Waals surface area (Å²) in [7, 11) is 0. The highest BCUT2D eigenvalue weighted by Crippen LogP contribution is 2.30. The highest BCUT2D eigenvalue weighted by atomic mass is 16.5. The summed E-state index contributed by atoms with van der Waals surface area (Å²) in [5.41, 5.74) is 2.00. The van der Waals surface area contributed by atoms with Gasteiger partial charge >= 0.3 is 0 Å². The van der Waals surface area contributed by atoms with Crippen molar-refractivity contribution in [3.63, 3.8) is 0 Å². The van der Waals surface area contributed by atoms with Gasteiger partial charge in [-0.15, -0.1) is 0 Å². The van der Waals surface area contributed by atoms with Crippen LogP contribution < -0.4 is 15.4 Å². The molecule has 2 heterocycles. The third kappa shape index (κ3) is 3.17. The van der Waals surface area contributed by atoms with Crippen molar-refractivity contribution < 1.29 is 14.3 Å². The van der Waals surface area contributed by atoms with Crippen molar-refractivity contribution in [2.75, 3.05) is 17.2 Å². The van der Waals surface area contributed by atoms with Gasteiger partial charge in [-0.2, -0.15) is 0 Å². The molecule has 6 heteroatoms. The summed E-state index contributed by atoms with van der Waals surface area (Å²) in [5.74, 6) is 0.243. The number of hydrogen-bond acceptors (Lipinski definition) is 4. The Kier molecular flexibility index (Phi) is 3.51. The topological polar surface area (TPSA) is 80.3 Å². The number of carbonyl (C=O) groups is 2. The molecule has 0 bridgehead atoms. The summed E-state index contributed by atoms with van der Waals surface area (Å²) < 4.78 is 5.26. The first-order chi connectivity index (χ1) is 10.2. The number of nitrogens with zero attached hydrogens (tertiary/aromatic N) is 1. The first kappa shape index (κ1) is 13.1.